The highest BCUT2D eigenvalue weighted by Gasteiger charge is 2.13. The van der Waals surface area contributed by atoms with Crippen LogP contribution in [-0.4, -0.2) is 10.8 Å². The maximum Gasteiger partial charge on any atom is 0.121 e. The normalized spacial score (nSPS) is 16.6. The fourth-order valence-corrected chi connectivity index (χ4v) is 3.03. The van der Waals surface area contributed by atoms with Crippen LogP contribution >= 0.6 is 0 Å². The Labute approximate surface area is 126 Å². The Morgan fingerprint density at radius 2 is 1.62 bits per heavy atom. The van der Waals surface area contributed by atoms with E-state index in [2.05, 4.69) is 24.3 Å². The van der Waals surface area contributed by atoms with E-state index in [1.807, 2.05) is 26.0 Å². The first-order valence-electron chi connectivity index (χ1n) is 7.61. The second-order valence-corrected chi connectivity index (χ2v) is 5.85. The van der Waals surface area contributed by atoms with E-state index >= 15 is 0 Å². The Morgan fingerprint density at radius 3 is 2.38 bits per heavy atom. The van der Waals surface area contributed by atoms with Crippen molar-refractivity contribution in [2.75, 3.05) is 0 Å². The zero-order valence-electron chi connectivity index (χ0n) is 12.7. The average Bonchev–Trinajstić information content (AvgIpc) is 2.67. The van der Waals surface area contributed by atoms with Crippen molar-refractivity contribution in [3.63, 3.8) is 0 Å². The lowest BCUT2D eigenvalue weighted by molar-refractivity contribution is 0.467. The van der Waals surface area contributed by atoms with Crippen LogP contribution in [0.2, 0.25) is 0 Å². The standard InChI is InChI=1S/C19H21NO/c1-13-11-16(12-14(2)19(13)21)20-18-10-6-4-8-15-7-3-5-9-17(15)18/h3,5,7,9,11-12,21H,4,6,8,10H2,1-2H3. The predicted octanol–water partition coefficient (Wildman–Crippen LogP) is 4.86. The molecule has 0 unspecified atom stereocenters. The molecular formula is C19H21NO. The molecule has 0 saturated heterocycles. The van der Waals surface area contributed by atoms with Gasteiger partial charge in [-0.15, -0.1) is 0 Å². The zero-order valence-corrected chi connectivity index (χ0v) is 12.7. The highest BCUT2D eigenvalue weighted by Crippen LogP contribution is 2.29. The number of benzene rings is 2. The third kappa shape index (κ3) is 2.85. The smallest absolute Gasteiger partial charge is 0.121 e. The second kappa shape index (κ2) is 5.72. The quantitative estimate of drug-likeness (QED) is 0.743. The molecule has 3 rings (SSSR count). The van der Waals surface area contributed by atoms with E-state index in [1.165, 1.54) is 29.7 Å². The van der Waals surface area contributed by atoms with Gasteiger partial charge in [-0.2, -0.15) is 0 Å². The van der Waals surface area contributed by atoms with Gasteiger partial charge >= 0.3 is 0 Å². The summed E-state index contributed by atoms with van der Waals surface area (Å²) in [7, 11) is 0. The summed E-state index contributed by atoms with van der Waals surface area (Å²) in [5.74, 6) is 0.375. The van der Waals surface area contributed by atoms with Gasteiger partial charge in [-0.3, -0.25) is 4.99 Å². The lowest BCUT2D eigenvalue weighted by Gasteiger charge is -2.09. The largest absolute Gasteiger partial charge is 0.507 e. The van der Waals surface area contributed by atoms with Crippen LogP contribution in [0.15, 0.2) is 41.4 Å². The summed E-state index contributed by atoms with van der Waals surface area (Å²) >= 11 is 0. The van der Waals surface area contributed by atoms with Gasteiger partial charge in [0.25, 0.3) is 0 Å². The van der Waals surface area contributed by atoms with Gasteiger partial charge in [0.2, 0.25) is 0 Å². The van der Waals surface area contributed by atoms with Crippen molar-refractivity contribution >= 4 is 11.4 Å². The molecule has 2 aromatic rings. The van der Waals surface area contributed by atoms with Gasteiger partial charge in [-0.25, -0.2) is 0 Å². The number of fused-ring (bicyclic) bond motifs is 1. The first-order valence-corrected chi connectivity index (χ1v) is 7.61. The van der Waals surface area contributed by atoms with Crippen molar-refractivity contribution in [1.82, 2.24) is 0 Å². The van der Waals surface area contributed by atoms with E-state index in [1.54, 1.807) is 0 Å². The Morgan fingerprint density at radius 1 is 0.952 bits per heavy atom. The molecule has 0 aromatic heterocycles. The number of phenolic OH excluding ortho intramolecular Hbond substituents is 1. The summed E-state index contributed by atoms with van der Waals surface area (Å²) in [5, 5.41) is 9.89. The summed E-state index contributed by atoms with van der Waals surface area (Å²) in [6.45, 7) is 3.85. The topological polar surface area (TPSA) is 32.6 Å². The molecule has 0 aliphatic heterocycles. The lowest BCUT2D eigenvalue weighted by Crippen LogP contribution is -2.01. The molecule has 0 spiro atoms. The molecule has 2 heteroatoms. The van der Waals surface area contributed by atoms with Crippen molar-refractivity contribution in [2.24, 2.45) is 4.99 Å². The zero-order chi connectivity index (χ0) is 14.8. The van der Waals surface area contributed by atoms with Crippen LogP contribution in [0, 0.1) is 13.8 Å². The molecule has 21 heavy (non-hydrogen) atoms. The van der Waals surface area contributed by atoms with Crippen LogP contribution in [0.1, 0.15) is 41.5 Å². The van der Waals surface area contributed by atoms with E-state index in [-0.39, 0.29) is 0 Å². The number of hydrogen-bond acceptors (Lipinski definition) is 2. The fourth-order valence-electron chi connectivity index (χ4n) is 3.03. The molecule has 1 aliphatic rings. The van der Waals surface area contributed by atoms with Crippen LogP contribution in [0.3, 0.4) is 0 Å². The van der Waals surface area contributed by atoms with Gasteiger partial charge in [0.15, 0.2) is 0 Å². The monoisotopic (exact) mass is 279 g/mol. The van der Waals surface area contributed by atoms with E-state index in [4.69, 9.17) is 4.99 Å². The van der Waals surface area contributed by atoms with E-state index < -0.39 is 0 Å². The minimum atomic E-state index is 0.375. The number of hydrogen-bond donors (Lipinski definition) is 1. The lowest BCUT2D eigenvalue weighted by atomic mass is 10.0. The number of aromatic hydroxyl groups is 1. The molecule has 0 fully saturated rings. The SMILES string of the molecule is Cc1cc(N=C2CCCCc3ccccc32)cc(C)c1O. The van der Waals surface area contributed by atoms with Gasteiger partial charge in [-0.1, -0.05) is 24.3 Å². The highest BCUT2D eigenvalue weighted by atomic mass is 16.3. The van der Waals surface area contributed by atoms with Crippen LogP contribution in [0.4, 0.5) is 5.69 Å². The minimum absolute atomic E-state index is 0.375. The minimum Gasteiger partial charge on any atom is -0.507 e. The highest BCUT2D eigenvalue weighted by molar-refractivity contribution is 6.03. The number of rotatable bonds is 1. The number of aliphatic imine (C=N–C) groups is 1. The number of phenols is 1. The molecule has 0 amide bonds. The molecular weight excluding hydrogens is 258 g/mol. The summed E-state index contributed by atoms with van der Waals surface area (Å²) < 4.78 is 0. The van der Waals surface area contributed by atoms with Crippen molar-refractivity contribution < 1.29 is 5.11 Å². The predicted molar refractivity (Wildman–Crippen MR) is 87.8 cm³/mol. The Hall–Kier alpha value is -2.09. The van der Waals surface area contributed by atoms with E-state index in [9.17, 15) is 5.11 Å². The Balaban J connectivity index is 2.07. The summed E-state index contributed by atoms with van der Waals surface area (Å²) in [5.41, 5.74) is 6.58. The van der Waals surface area contributed by atoms with Crippen molar-refractivity contribution in [1.29, 1.82) is 0 Å². The third-order valence-electron chi connectivity index (χ3n) is 4.18. The van der Waals surface area contributed by atoms with Crippen LogP contribution in [-0.2, 0) is 6.42 Å². The summed E-state index contributed by atoms with van der Waals surface area (Å²) in [4.78, 5) is 4.89. The maximum atomic E-state index is 9.89. The number of nitrogens with zero attached hydrogens (tertiary/aromatic N) is 1. The van der Waals surface area contributed by atoms with Gasteiger partial charge in [0, 0.05) is 5.71 Å². The molecule has 1 N–H and O–H groups in total. The van der Waals surface area contributed by atoms with E-state index in [0.29, 0.717) is 5.75 Å². The first-order chi connectivity index (χ1) is 10.1. The van der Waals surface area contributed by atoms with Crippen LogP contribution < -0.4 is 0 Å². The molecule has 0 bridgehead atoms. The van der Waals surface area contributed by atoms with Gasteiger partial charge < -0.3 is 5.11 Å². The van der Waals surface area contributed by atoms with Crippen LogP contribution in [0.25, 0.3) is 0 Å². The summed E-state index contributed by atoms with van der Waals surface area (Å²) in [6.07, 6.45) is 4.58. The average molecular weight is 279 g/mol. The molecule has 1 aliphatic carbocycles. The molecule has 108 valence electrons. The number of aryl methyl sites for hydroxylation is 3. The second-order valence-electron chi connectivity index (χ2n) is 5.85. The molecule has 0 saturated carbocycles. The third-order valence-corrected chi connectivity index (χ3v) is 4.18. The molecule has 0 heterocycles. The van der Waals surface area contributed by atoms with Crippen molar-refractivity contribution in [3.8, 4) is 5.75 Å². The van der Waals surface area contributed by atoms with E-state index in [0.717, 1.165) is 29.7 Å². The Kier molecular flexibility index (Phi) is 3.78. The summed E-state index contributed by atoms with van der Waals surface area (Å²) in [6, 6.07) is 12.5. The molecule has 2 nitrogen and oxygen atoms in total. The van der Waals surface area contributed by atoms with Crippen molar-refractivity contribution in [2.45, 2.75) is 39.5 Å². The Bertz CT molecular complexity index is 677. The first kappa shape index (κ1) is 13.9. The van der Waals surface area contributed by atoms with Crippen LogP contribution in [0.5, 0.6) is 5.75 Å². The van der Waals surface area contributed by atoms with Gasteiger partial charge in [-0.05, 0) is 73.9 Å². The van der Waals surface area contributed by atoms with Gasteiger partial charge in [0.05, 0.1) is 5.69 Å². The molecule has 0 atom stereocenters. The molecule has 0 radical (unpaired) electrons. The van der Waals surface area contributed by atoms with Crippen molar-refractivity contribution in [3.05, 3.63) is 58.7 Å². The fraction of sp³-hybridized carbons (Fsp3) is 0.316. The maximum absolute atomic E-state index is 9.89. The van der Waals surface area contributed by atoms with Gasteiger partial charge in [0.1, 0.15) is 5.75 Å². The molecule has 2 aromatic carbocycles.